The number of nitrogens with zero attached hydrogens (tertiary/aromatic N) is 8. The number of ether oxygens (including phenoxy) is 2. The summed E-state index contributed by atoms with van der Waals surface area (Å²) >= 11 is 6.66. The Bertz CT molecular complexity index is 2680. The molecule has 16 nitrogen and oxygen atoms in total. The molecule has 3 saturated heterocycles. The second kappa shape index (κ2) is 16.2. The van der Waals surface area contributed by atoms with E-state index in [1.165, 1.54) is 4.57 Å². The molecular formula is C44H50ClF2N11O5. The van der Waals surface area contributed by atoms with Crippen LogP contribution in [0.5, 0.6) is 5.75 Å². The minimum atomic E-state index is -3.14. The molecule has 10 rings (SSSR count). The lowest BCUT2D eigenvalue weighted by molar-refractivity contribution is -0.134. The van der Waals surface area contributed by atoms with Gasteiger partial charge in [-0.15, -0.1) is 0 Å². The highest BCUT2D eigenvalue weighted by atomic mass is 35.5. The lowest BCUT2D eigenvalue weighted by atomic mass is 9.92. The van der Waals surface area contributed by atoms with Crippen molar-refractivity contribution in [3.05, 3.63) is 63.7 Å². The van der Waals surface area contributed by atoms with E-state index in [-0.39, 0.29) is 35.3 Å². The third-order valence-corrected chi connectivity index (χ3v) is 13.8. The van der Waals surface area contributed by atoms with Gasteiger partial charge >= 0.3 is 5.92 Å². The fourth-order valence-corrected chi connectivity index (χ4v) is 9.98. The maximum atomic E-state index is 15.2. The summed E-state index contributed by atoms with van der Waals surface area (Å²) in [4.78, 5) is 54.1. The van der Waals surface area contributed by atoms with Gasteiger partial charge in [0.25, 0.3) is 5.56 Å². The molecule has 4 aliphatic heterocycles. The van der Waals surface area contributed by atoms with E-state index in [1.807, 2.05) is 11.7 Å². The Balaban J connectivity index is 0.788. The molecule has 2 amide bonds. The number of anilines is 5. The number of methoxy groups -OCH3 is 1. The maximum Gasteiger partial charge on any atom is 0.301 e. The predicted octanol–water partition coefficient (Wildman–Crippen LogP) is 5.01. The number of rotatable bonds is 9. The highest BCUT2D eigenvalue weighted by molar-refractivity contribution is 6.33. The summed E-state index contributed by atoms with van der Waals surface area (Å²) in [6.45, 7) is 4.91. The number of amides is 2. The molecule has 5 aromatic rings. The Kier molecular flexibility index (Phi) is 10.6. The lowest BCUT2D eigenvalue weighted by Crippen LogP contribution is -2.52. The number of nitrogens with one attached hydrogen (secondary N) is 3. The average molecular weight is 886 g/mol. The zero-order valence-corrected chi connectivity index (χ0v) is 36.1. The van der Waals surface area contributed by atoms with Gasteiger partial charge in [-0.3, -0.25) is 29.3 Å². The maximum absolute atomic E-state index is 15.2. The summed E-state index contributed by atoms with van der Waals surface area (Å²) in [7, 11) is 5.24. The van der Waals surface area contributed by atoms with Gasteiger partial charge in [-0.1, -0.05) is 11.6 Å². The predicted molar refractivity (Wildman–Crippen MR) is 236 cm³/mol. The second-order valence-corrected chi connectivity index (χ2v) is 18.0. The number of hydrogen-bond acceptors (Lipinski definition) is 13. The highest BCUT2D eigenvalue weighted by Crippen LogP contribution is 2.46. The molecule has 0 radical (unpaired) electrons. The van der Waals surface area contributed by atoms with Gasteiger partial charge in [0.15, 0.2) is 12.4 Å². The minimum Gasteiger partial charge on any atom is -0.480 e. The first-order chi connectivity index (χ1) is 30.3. The summed E-state index contributed by atoms with van der Waals surface area (Å²) in [5, 5.41) is 15.3. The number of alkyl halides is 2. The van der Waals surface area contributed by atoms with Crippen LogP contribution in [0.2, 0.25) is 5.02 Å². The Morgan fingerprint density at radius 1 is 0.968 bits per heavy atom. The van der Waals surface area contributed by atoms with Gasteiger partial charge < -0.3 is 34.5 Å². The third kappa shape index (κ3) is 7.79. The molecule has 1 saturated carbocycles. The molecule has 63 heavy (non-hydrogen) atoms. The van der Waals surface area contributed by atoms with Crippen molar-refractivity contribution in [2.24, 2.45) is 25.9 Å². The average Bonchev–Trinajstić information content (AvgIpc) is 4.08. The van der Waals surface area contributed by atoms with Crippen LogP contribution in [0.25, 0.3) is 21.8 Å². The van der Waals surface area contributed by atoms with E-state index >= 15 is 8.78 Å². The largest absolute Gasteiger partial charge is 0.480 e. The molecule has 3 unspecified atom stereocenters. The number of pyridine rings is 1. The van der Waals surface area contributed by atoms with E-state index < -0.39 is 30.0 Å². The van der Waals surface area contributed by atoms with E-state index in [0.29, 0.717) is 77.2 Å². The molecular weight excluding hydrogens is 836 g/mol. The van der Waals surface area contributed by atoms with Gasteiger partial charge in [-0.25, -0.2) is 13.8 Å². The van der Waals surface area contributed by atoms with Crippen molar-refractivity contribution in [1.29, 1.82) is 0 Å². The number of benzene rings is 2. The smallest absolute Gasteiger partial charge is 0.301 e. The molecule has 3 N–H and O–H groups in total. The van der Waals surface area contributed by atoms with E-state index in [4.69, 9.17) is 31.2 Å². The first-order valence-electron chi connectivity index (χ1n) is 21.6. The molecule has 332 valence electrons. The lowest BCUT2D eigenvalue weighted by Gasteiger charge is -2.42. The fraction of sp³-hybridized carbons (Fsp3) is 0.500. The number of piperidine rings is 2. The molecule has 19 heteroatoms. The van der Waals surface area contributed by atoms with Gasteiger partial charge in [0.2, 0.25) is 23.5 Å². The normalized spacial score (nSPS) is 24.2. The number of aryl methyl sites for hydroxylation is 2. The van der Waals surface area contributed by atoms with Gasteiger partial charge in [-0.2, -0.15) is 10.1 Å². The summed E-state index contributed by atoms with van der Waals surface area (Å²) in [5.41, 5.74) is 3.73. The van der Waals surface area contributed by atoms with E-state index in [1.54, 1.807) is 38.6 Å². The Labute approximate surface area is 366 Å². The number of carbonyl (C=O) groups excluding carboxylic acids is 2. The van der Waals surface area contributed by atoms with Crippen LogP contribution in [0.1, 0.15) is 43.7 Å². The number of carbonyl (C=O) groups is 2. The second-order valence-electron chi connectivity index (χ2n) is 17.6. The molecule has 4 atom stereocenters. The summed E-state index contributed by atoms with van der Waals surface area (Å²) in [6, 6.07) is 10.5. The minimum absolute atomic E-state index is 0.0535. The van der Waals surface area contributed by atoms with E-state index in [2.05, 4.69) is 53.8 Å². The van der Waals surface area contributed by atoms with Crippen LogP contribution in [0.15, 0.2) is 47.4 Å². The van der Waals surface area contributed by atoms with Crippen molar-refractivity contribution in [3.8, 4) is 5.75 Å². The van der Waals surface area contributed by atoms with Crippen LogP contribution in [0, 0.1) is 11.8 Å². The molecule has 2 aromatic carbocycles. The number of piperazine rings is 1. The Morgan fingerprint density at radius 2 is 1.78 bits per heavy atom. The SMILES string of the molecule is COC1CN(c2ncc(Cl)c(Nc3ccc4c(c3)c3c(c(=O)n4C)OCC(F)(F)[C@H](C4CC4)N3)n2)CCC1CN1CCN(c2ccc3c(C4CCC(=O)NC4=O)nn(C)c3c2)CC1. The quantitative estimate of drug-likeness (QED) is 0.170. The van der Waals surface area contributed by atoms with E-state index in [9.17, 15) is 14.4 Å². The summed E-state index contributed by atoms with van der Waals surface area (Å²) in [6.07, 6.45) is 4.56. The summed E-state index contributed by atoms with van der Waals surface area (Å²) in [5.74, 6) is -3.21. The van der Waals surface area contributed by atoms with Crippen molar-refractivity contribution >= 4 is 74.0 Å². The number of aromatic nitrogens is 5. The van der Waals surface area contributed by atoms with Crippen molar-refractivity contribution in [1.82, 2.24) is 34.5 Å². The number of halogens is 3. The van der Waals surface area contributed by atoms with Crippen molar-refractivity contribution < 1.29 is 27.8 Å². The first kappa shape index (κ1) is 41.4. The van der Waals surface area contributed by atoms with E-state index in [0.717, 1.165) is 62.3 Å². The Hall–Kier alpha value is -5.59. The summed E-state index contributed by atoms with van der Waals surface area (Å²) < 4.78 is 45.2. The molecule has 4 fully saturated rings. The standard InChI is InChI=1S/C44H50ClF2N11O5/c1-54-32-10-6-26(18-30(32)37-38(42(54)61)63-23-44(46,47)39(51-37)24-4-5-24)49-40-31(45)20-48-43(52-40)58-13-12-25(34(22-58)62-3)21-56-14-16-57(17-15-56)27-7-8-28-33(19-27)55(2)53-36(28)29-9-11-35(59)50-41(29)60/h6-8,10,18-20,24-25,29,34,39,51H,4-5,9,11-17,21-23H2,1-3H3,(H,48,49,52)(H,50,59,60)/t25?,29?,34?,39-/m0/s1. The fourth-order valence-electron chi connectivity index (χ4n) is 9.85. The molecule has 3 aromatic heterocycles. The molecule has 7 heterocycles. The zero-order chi connectivity index (χ0) is 43.7. The van der Waals surface area contributed by atoms with Crippen molar-refractivity contribution in [2.45, 2.75) is 56.1 Å². The van der Waals surface area contributed by atoms with Gasteiger partial charge in [0.1, 0.15) is 5.02 Å². The van der Waals surface area contributed by atoms with Gasteiger partial charge in [-0.05, 0) is 68.0 Å². The van der Waals surface area contributed by atoms with Crippen LogP contribution in [-0.2, 0) is 28.4 Å². The molecule has 5 aliphatic rings. The van der Waals surface area contributed by atoms with Gasteiger partial charge in [0, 0.05) is 102 Å². The van der Waals surface area contributed by atoms with Crippen molar-refractivity contribution in [3.63, 3.8) is 0 Å². The van der Waals surface area contributed by atoms with Gasteiger partial charge in [0.05, 0.1) is 46.7 Å². The topological polar surface area (TPSA) is 164 Å². The first-order valence-corrected chi connectivity index (χ1v) is 22.0. The van der Waals surface area contributed by atoms with Crippen molar-refractivity contribution in [2.75, 3.05) is 80.0 Å². The third-order valence-electron chi connectivity index (χ3n) is 13.5. The monoisotopic (exact) mass is 885 g/mol. The van der Waals surface area contributed by atoms with Crippen LogP contribution in [-0.4, -0.2) is 119 Å². The highest BCUT2D eigenvalue weighted by Gasteiger charge is 2.51. The zero-order valence-electron chi connectivity index (χ0n) is 35.4. The number of imide groups is 1. The van der Waals surface area contributed by atoms with Crippen LogP contribution >= 0.6 is 11.6 Å². The Morgan fingerprint density at radius 3 is 2.54 bits per heavy atom. The number of fused-ring (bicyclic) bond motifs is 4. The molecule has 0 bridgehead atoms. The van der Waals surface area contributed by atoms with Crippen LogP contribution in [0.3, 0.4) is 0 Å². The number of hydrogen-bond donors (Lipinski definition) is 3. The molecule has 0 spiro atoms. The van der Waals surface area contributed by atoms with Crippen LogP contribution < -0.4 is 36.0 Å². The molecule has 1 aliphatic carbocycles. The van der Waals surface area contributed by atoms with Crippen LogP contribution in [0.4, 0.5) is 37.6 Å².